The number of benzene rings is 1. The highest BCUT2D eigenvalue weighted by Gasteiger charge is 2.27. The Hall–Kier alpha value is -2.41. The van der Waals surface area contributed by atoms with Crippen molar-refractivity contribution in [3.8, 4) is 0 Å². The molecule has 1 aliphatic carbocycles. The largest absolute Gasteiger partial charge is 0.349 e. The van der Waals surface area contributed by atoms with E-state index in [0.717, 1.165) is 23.8 Å². The molecule has 0 saturated heterocycles. The number of carbonyl (C=O) groups is 1. The fraction of sp³-hybridized carbons (Fsp3) is 0.471. The van der Waals surface area contributed by atoms with Crippen LogP contribution >= 0.6 is 0 Å². The van der Waals surface area contributed by atoms with Crippen molar-refractivity contribution in [1.82, 2.24) is 14.9 Å². The van der Waals surface area contributed by atoms with E-state index in [2.05, 4.69) is 10.3 Å². The Balaban J connectivity index is 1.92. The van der Waals surface area contributed by atoms with Gasteiger partial charge in [-0.3, -0.25) is 14.2 Å². The van der Waals surface area contributed by atoms with Crippen LogP contribution in [0.2, 0.25) is 0 Å². The van der Waals surface area contributed by atoms with Crippen molar-refractivity contribution in [2.24, 2.45) is 11.7 Å². The van der Waals surface area contributed by atoms with Gasteiger partial charge < -0.3 is 16.0 Å². The van der Waals surface area contributed by atoms with Crippen molar-refractivity contribution in [1.29, 1.82) is 0 Å². The van der Waals surface area contributed by atoms with Gasteiger partial charge in [-0.2, -0.15) is 0 Å². The zero-order valence-electron chi connectivity index (χ0n) is 13.7. The first-order valence-electron chi connectivity index (χ1n) is 8.33. The van der Waals surface area contributed by atoms with E-state index in [0.29, 0.717) is 35.5 Å². The van der Waals surface area contributed by atoms with Crippen LogP contribution < -0.4 is 22.3 Å². The van der Waals surface area contributed by atoms with Gasteiger partial charge in [0.2, 0.25) is 0 Å². The molecule has 0 bridgehead atoms. The van der Waals surface area contributed by atoms with Gasteiger partial charge in [0.25, 0.3) is 11.5 Å². The number of hydrogen-bond acceptors (Lipinski definition) is 4. The molecular formula is C17H22N4O3. The lowest BCUT2D eigenvalue weighted by molar-refractivity contribution is 0.0929. The number of H-pyrrole nitrogens is 1. The highest BCUT2D eigenvalue weighted by atomic mass is 16.2. The van der Waals surface area contributed by atoms with E-state index < -0.39 is 5.69 Å². The van der Waals surface area contributed by atoms with Crippen LogP contribution in [0.3, 0.4) is 0 Å². The summed E-state index contributed by atoms with van der Waals surface area (Å²) in [5.41, 5.74) is 5.74. The molecule has 7 nitrogen and oxygen atoms in total. The lowest BCUT2D eigenvalue weighted by Gasteiger charge is -2.19. The number of aromatic amines is 1. The predicted molar refractivity (Wildman–Crippen MR) is 92.2 cm³/mol. The second-order valence-corrected chi connectivity index (χ2v) is 6.25. The number of aromatic nitrogens is 2. The molecule has 3 rings (SSSR count). The lowest BCUT2D eigenvalue weighted by atomic mass is 10.0. The zero-order chi connectivity index (χ0) is 17.3. The third-order valence-electron chi connectivity index (χ3n) is 4.84. The van der Waals surface area contributed by atoms with E-state index in [1.54, 1.807) is 25.1 Å². The predicted octanol–water partition coefficient (Wildman–Crippen LogP) is 0.567. The Kier molecular flexibility index (Phi) is 4.53. The highest BCUT2D eigenvalue weighted by Crippen LogP contribution is 2.25. The van der Waals surface area contributed by atoms with Crippen molar-refractivity contribution in [2.75, 3.05) is 6.54 Å². The number of nitrogens with one attached hydrogen (secondary N) is 2. The number of fused-ring (bicyclic) bond motifs is 1. The Labute approximate surface area is 138 Å². The van der Waals surface area contributed by atoms with E-state index >= 15 is 0 Å². The number of hydrogen-bond donors (Lipinski definition) is 3. The van der Waals surface area contributed by atoms with Gasteiger partial charge >= 0.3 is 5.69 Å². The van der Waals surface area contributed by atoms with Crippen molar-refractivity contribution >= 4 is 16.8 Å². The molecule has 4 N–H and O–H groups in total. The van der Waals surface area contributed by atoms with E-state index in [-0.39, 0.29) is 17.5 Å². The molecule has 1 saturated carbocycles. The molecule has 24 heavy (non-hydrogen) atoms. The Morgan fingerprint density at radius 2 is 2.17 bits per heavy atom. The molecule has 1 heterocycles. The minimum absolute atomic E-state index is 0.0883. The van der Waals surface area contributed by atoms with Crippen LogP contribution in [0.5, 0.6) is 0 Å². The van der Waals surface area contributed by atoms with Crippen LogP contribution in [-0.4, -0.2) is 28.0 Å². The Morgan fingerprint density at radius 1 is 1.38 bits per heavy atom. The topological polar surface area (TPSA) is 110 Å². The molecule has 0 spiro atoms. The Morgan fingerprint density at radius 3 is 2.88 bits per heavy atom. The minimum Gasteiger partial charge on any atom is -0.349 e. The third kappa shape index (κ3) is 2.87. The maximum Gasteiger partial charge on any atom is 0.328 e. The maximum absolute atomic E-state index is 12.5. The third-order valence-corrected chi connectivity index (χ3v) is 4.84. The molecule has 7 heteroatoms. The number of amides is 1. The monoisotopic (exact) mass is 330 g/mol. The smallest absolute Gasteiger partial charge is 0.328 e. The second kappa shape index (κ2) is 6.60. The van der Waals surface area contributed by atoms with Gasteiger partial charge in [0.1, 0.15) is 0 Å². The fourth-order valence-electron chi connectivity index (χ4n) is 3.44. The molecule has 1 aliphatic rings. The summed E-state index contributed by atoms with van der Waals surface area (Å²) >= 11 is 0. The van der Waals surface area contributed by atoms with Crippen molar-refractivity contribution < 1.29 is 4.79 Å². The summed E-state index contributed by atoms with van der Waals surface area (Å²) in [6.07, 6.45) is 3.02. The average molecular weight is 330 g/mol. The summed E-state index contributed by atoms with van der Waals surface area (Å²) in [5.74, 6) is 0.105. The number of nitrogens with zero attached hydrogens (tertiary/aromatic N) is 1. The van der Waals surface area contributed by atoms with Crippen LogP contribution in [0.25, 0.3) is 10.9 Å². The SMILES string of the molecule is CCn1c(=O)[nH]c2cc(C(=O)NC3CCCC3CN)ccc2c1=O. The first-order chi connectivity index (χ1) is 11.5. The van der Waals surface area contributed by atoms with E-state index in [1.165, 1.54) is 0 Å². The van der Waals surface area contributed by atoms with E-state index in [4.69, 9.17) is 5.73 Å². The molecule has 0 aliphatic heterocycles. The van der Waals surface area contributed by atoms with Gasteiger partial charge in [-0.1, -0.05) is 6.42 Å². The normalized spacial score (nSPS) is 20.4. The molecule has 2 aromatic rings. The van der Waals surface area contributed by atoms with Crippen molar-refractivity contribution in [3.05, 3.63) is 44.6 Å². The van der Waals surface area contributed by atoms with Gasteiger partial charge in [-0.25, -0.2) is 4.79 Å². The fourth-order valence-corrected chi connectivity index (χ4v) is 3.44. The van der Waals surface area contributed by atoms with Gasteiger partial charge in [0, 0.05) is 18.2 Å². The van der Waals surface area contributed by atoms with Crippen LogP contribution in [0.15, 0.2) is 27.8 Å². The van der Waals surface area contributed by atoms with Gasteiger partial charge in [-0.15, -0.1) is 0 Å². The second-order valence-electron chi connectivity index (χ2n) is 6.25. The first kappa shape index (κ1) is 16.4. The molecule has 1 amide bonds. The minimum atomic E-state index is -0.466. The van der Waals surface area contributed by atoms with Gasteiger partial charge in [0.15, 0.2) is 0 Å². The van der Waals surface area contributed by atoms with E-state index in [1.807, 2.05) is 0 Å². The summed E-state index contributed by atoms with van der Waals surface area (Å²) < 4.78 is 1.13. The summed E-state index contributed by atoms with van der Waals surface area (Å²) in [7, 11) is 0. The molecule has 2 unspecified atom stereocenters. The summed E-state index contributed by atoms with van der Waals surface area (Å²) in [6, 6.07) is 4.85. The number of nitrogens with two attached hydrogens (primary N) is 1. The number of rotatable bonds is 4. The standard InChI is InChI=1S/C17H22N4O3/c1-2-21-16(23)12-7-6-10(8-14(12)20-17(21)24)15(22)19-13-5-3-4-11(13)9-18/h6-8,11,13H,2-5,9,18H2,1H3,(H,19,22)(H,20,24). The van der Waals surface area contributed by atoms with Crippen LogP contribution in [0, 0.1) is 5.92 Å². The van der Waals surface area contributed by atoms with Crippen LogP contribution in [-0.2, 0) is 6.54 Å². The molecule has 0 radical (unpaired) electrons. The molecule has 1 aromatic heterocycles. The summed E-state index contributed by atoms with van der Waals surface area (Å²) in [5, 5.41) is 3.42. The molecule has 128 valence electrons. The zero-order valence-corrected chi connectivity index (χ0v) is 13.7. The van der Waals surface area contributed by atoms with Crippen molar-refractivity contribution in [3.63, 3.8) is 0 Å². The first-order valence-corrected chi connectivity index (χ1v) is 8.33. The van der Waals surface area contributed by atoms with Crippen LogP contribution in [0.1, 0.15) is 36.5 Å². The average Bonchev–Trinajstić information content (AvgIpc) is 3.01. The van der Waals surface area contributed by atoms with Gasteiger partial charge in [0.05, 0.1) is 10.9 Å². The summed E-state index contributed by atoms with van der Waals surface area (Å²) in [6.45, 7) is 2.60. The quantitative estimate of drug-likeness (QED) is 0.761. The summed E-state index contributed by atoms with van der Waals surface area (Å²) in [4.78, 5) is 39.3. The van der Waals surface area contributed by atoms with E-state index in [9.17, 15) is 14.4 Å². The lowest BCUT2D eigenvalue weighted by Crippen LogP contribution is -2.40. The van der Waals surface area contributed by atoms with Gasteiger partial charge in [-0.05, 0) is 50.4 Å². The molecule has 1 aromatic carbocycles. The molecular weight excluding hydrogens is 308 g/mol. The number of carbonyl (C=O) groups excluding carboxylic acids is 1. The maximum atomic E-state index is 12.5. The Bertz CT molecular complexity index is 884. The molecule has 2 atom stereocenters. The van der Waals surface area contributed by atoms with Crippen molar-refractivity contribution in [2.45, 2.75) is 38.8 Å². The molecule has 1 fully saturated rings. The van der Waals surface area contributed by atoms with Crippen LogP contribution in [0.4, 0.5) is 0 Å². The highest BCUT2D eigenvalue weighted by molar-refractivity contribution is 5.97.